The molecular formula is C44H36BN3O2. The van der Waals surface area contributed by atoms with Crippen molar-refractivity contribution in [2.45, 2.75) is 26.2 Å². The minimum absolute atomic E-state index is 0.0306. The van der Waals surface area contributed by atoms with E-state index in [0.29, 0.717) is 11.6 Å². The van der Waals surface area contributed by atoms with Crippen LogP contribution >= 0.6 is 0 Å². The van der Waals surface area contributed by atoms with Gasteiger partial charge in [0.1, 0.15) is 11.6 Å². The molecule has 0 bridgehead atoms. The number of para-hydroxylation sites is 1. The van der Waals surface area contributed by atoms with E-state index < -0.39 is 6.92 Å². The molecule has 0 aliphatic heterocycles. The van der Waals surface area contributed by atoms with Gasteiger partial charge >= 0.3 is 6.92 Å². The first kappa shape index (κ1) is 31.3. The van der Waals surface area contributed by atoms with Gasteiger partial charge in [0.05, 0.1) is 5.52 Å². The summed E-state index contributed by atoms with van der Waals surface area (Å²) in [5.41, 5.74) is 8.58. The van der Waals surface area contributed by atoms with E-state index in [0.717, 1.165) is 60.9 Å². The average molecular weight is 650 g/mol. The largest absolute Gasteiger partial charge is 0.443 e. The first-order valence-corrected chi connectivity index (χ1v) is 16.9. The number of nitrogens with zero attached hydrogens (tertiary/aromatic N) is 3. The lowest BCUT2D eigenvalue weighted by atomic mass is 9.52. The molecule has 0 saturated carbocycles. The van der Waals surface area contributed by atoms with Crippen molar-refractivity contribution in [3.8, 4) is 39.7 Å². The predicted molar refractivity (Wildman–Crippen MR) is 206 cm³/mol. The number of hydrogen-bond donors (Lipinski definition) is 1. The molecule has 6 heteroatoms. The molecule has 50 heavy (non-hydrogen) atoms. The standard InChI is InChI=1S/C44H36BN3O2/c1-44(2,3)32-26-27-46-40(28-32)48-39-23-11-10-20-37(39)38-24-25-41(47-43(38)48)50-34-19-12-18-33(29-34)45(49)42-35(30-14-6-4-7-15-30)21-13-22-36(42)31-16-8-5-9-17-31/h4-29,49H,1-3H3. The van der Waals surface area contributed by atoms with Gasteiger partial charge in [-0.15, -0.1) is 0 Å². The summed E-state index contributed by atoms with van der Waals surface area (Å²) >= 11 is 0. The Kier molecular flexibility index (Phi) is 8.02. The van der Waals surface area contributed by atoms with Gasteiger partial charge in [-0.1, -0.05) is 130 Å². The van der Waals surface area contributed by atoms with Gasteiger partial charge < -0.3 is 9.76 Å². The highest BCUT2D eigenvalue weighted by Crippen LogP contribution is 2.34. The van der Waals surface area contributed by atoms with Crippen molar-refractivity contribution in [2.75, 3.05) is 0 Å². The minimum Gasteiger partial charge on any atom is -0.443 e. The normalized spacial score (nSPS) is 11.6. The summed E-state index contributed by atoms with van der Waals surface area (Å²) in [6, 6.07) is 50.8. The second-order valence-corrected chi connectivity index (χ2v) is 13.6. The number of rotatable bonds is 7. The van der Waals surface area contributed by atoms with Crippen LogP contribution in [0.15, 0.2) is 158 Å². The molecular weight excluding hydrogens is 613 g/mol. The van der Waals surface area contributed by atoms with Crippen LogP contribution < -0.4 is 15.7 Å². The Morgan fingerprint density at radius 3 is 2.00 bits per heavy atom. The Labute approximate surface area is 292 Å². The van der Waals surface area contributed by atoms with Gasteiger partial charge in [0.15, 0.2) is 5.65 Å². The van der Waals surface area contributed by atoms with Gasteiger partial charge in [0.25, 0.3) is 0 Å². The first-order valence-electron chi connectivity index (χ1n) is 16.9. The van der Waals surface area contributed by atoms with Crippen molar-refractivity contribution < 1.29 is 9.76 Å². The molecule has 0 spiro atoms. The molecule has 5 nitrogen and oxygen atoms in total. The van der Waals surface area contributed by atoms with Gasteiger partial charge in [-0.25, -0.2) is 4.98 Å². The summed E-state index contributed by atoms with van der Waals surface area (Å²) in [6.07, 6.45) is 1.87. The molecule has 0 atom stereocenters. The van der Waals surface area contributed by atoms with E-state index >= 15 is 0 Å². The fourth-order valence-electron chi connectivity index (χ4n) is 6.75. The highest BCUT2D eigenvalue weighted by atomic mass is 16.5. The molecule has 0 saturated heterocycles. The maximum atomic E-state index is 12.1. The number of fused-ring (bicyclic) bond motifs is 3. The SMILES string of the molecule is CC(C)(C)c1ccnc(-n2c3ccccc3c3ccc(Oc4cccc(B(O)c5c(-c6ccccc6)cccc5-c5ccccc5)c4)nc32)c1. The smallest absolute Gasteiger partial charge is 0.360 e. The van der Waals surface area contributed by atoms with Gasteiger partial charge in [-0.2, -0.15) is 4.98 Å². The summed E-state index contributed by atoms with van der Waals surface area (Å²) in [4.78, 5) is 9.84. The molecule has 5 aromatic carbocycles. The lowest BCUT2D eigenvalue weighted by molar-refractivity contribution is 0.465. The summed E-state index contributed by atoms with van der Waals surface area (Å²) < 4.78 is 8.56. The molecule has 0 aliphatic rings. The molecule has 8 rings (SSSR count). The second kappa shape index (κ2) is 12.8. The number of benzene rings is 5. The topological polar surface area (TPSA) is 60.2 Å². The van der Waals surface area contributed by atoms with E-state index in [1.165, 1.54) is 5.56 Å². The Morgan fingerprint density at radius 2 is 1.30 bits per heavy atom. The highest BCUT2D eigenvalue weighted by molar-refractivity contribution is 6.81. The lowest BCUT2D eigenvalue weighted by Gasteiger charge is -2.20. The zero-order valence-electron chi connectivity index (χ0n) is 28.3. The van der Waals surface area contributed by atoms with Crippen molar-refractivity contribution in [2.24, 2.45) is 0 Å². The van der Waals surface area contributed by atoms with E-state index in [9.17, 15) is 5.02 Å². The summed E-state index contributed by atoms with van der Waals surface area (Å²) in [5, 5.41) is 14.3. The predicted octanol–water partition coefficient (Wildman–Crippen LogP) is 9.10. The first-order chi connectivity index (χ1) is 24.3. The molecule has 0 radical (unpaired) electrons. The molecule has 1 N–H and O–H groups in total. The maximum Gasteiger partial charge on any atom is 0.360 e. The van der Waals surface area contributed by atoms with Gasteiger partial charge in [-0.3, -0.25) is 4.57 Å². The van der Waals surface area contributed by atoms with E-state index in [2.05, 4.69) is 98.1 Å². The van der Waals surface area contributed by atoms with Crippen LogP contribution in [0, 0.1) is 0 Å². The van der Waals surface area contributed by atoms with Crippen molar-refractivity contribution in [1.29, 1.82) is 0 Å². The van der Waals surface area contributed by atoms with Crippen LogP contribution in [0.25, 0.3) is 50.0 Å². The minimum atomic E-state index is -0.913. The maximum absolute atomic E-state index is 12.1. The fourth-order valence-corrected chi connectivity index (χ4v) is 6.75. The van der Waals surface area contributed by atoms with Gasteiger partial charge in [0.2, 0.25) is 5.88 Å². The second-order valence-electron chi connectivity index (χ2n) is 13.6. The zero-order chi connectivity index (χ0) is 34.2. The summed E-state index contributed by atoms with van der Waals surface area (Å²) in [7, 11) is 0. The molecule has 3 heterocycles. The third-order valence-corrected chi connectivity index (χ3v) is 9.28. The van der Waals surface area contributed by atoms with Crippen molar-refractivity contribution in [3.63, 3.8) is 0 Å². The third kappa shape index (κ3) is 5.84. The van der Waals surface area contributed by atoms with E-state index in [4.69, 9.17) is 14.7 Å². The van der Waals surface area contributed by atoms with E-state index in [1.807, 2.05) is 85.1 Å². The van der Waals surface area contributed by atoms with Crippen LogP contribution in [0.4, 0.5) is 0 Å². The van der Waals surface area contributed by atoms with E-state index in [1.54, 1.807) is 0 Å². The van der Waals surface area contributed by atoms with Crippen molar-refractivity contribution >= 4 is 39.8 Å². The van der Waals surface area contributed by atoms with Crippen LogP contribution in [0.2, 0.25) is 0 Å². The van der Waals surface area contributed by atoms with Crippen LogP contribution in [0.3, 0.4) is 0 Å². The van der Waals surface area contributed by atoms with E-state index in [-0.39, 0.29) is 5.41 Å². The monoisotopic (exact) mass is 649 g/mol. The number of ether oxygens (including phenoxy) is 1. The average Bonchev–Trinajstić information content (AvgIpc) is 3.48. The van der Waals surface area contributed by atoms with Gasteiger partial charge in [0, 0.05) is 23.0 Å². The van der Waals surface area contributed by atoms with Crippen molar-refractivity contribution in [1.82, 2.24) is 14.5 Å². The molecule has 8 aromatic rings. The molecule has 0 fully saturated rings. The third-order valence-electron chi connectivity index (χ3n) is 9.28. The lowest BCUT2D eigenvalue weighted by Crippen LogP contribution is -2.44. The van der Waals surface area contributed by atoms with Crippen LogP contribution in [-0.4, -0.2) is 26.5 Å². The Balaban J connectivity index is 1.20. The molecule has 0 unspecified atom stereocenters. The van der Waals surface area contributed by atoms with Crippen molar-refractivity contribution in [3.05, 3.63) is 163 Å². The van der Waals surface area contributed by atoms with Crippen LogP contribution in [0.1, 0.15) is 26.3 Å². The Hall–Kier alpha value is -5.98. The number of aromatic nitrogens is 3. The molecule has 0 aliphatic carbocycles. The quantitative estimate of drug-likeness (QED) is 0.175. The fraction of sp³-hybridized carbons (Fsp3) is 0.0909. The number of pyridine rings is 2. The Bertz CT molecular complexity index is 2410. The van der Waals surface area contributed by atoms with Gasteiger partial charge in [-0.05, 0) is 80.6 Å². The zero-order valence-corrected chi connectivity index (χ0v) is 28.3. The highest BCUT2D eigenvalue weighted by Gasteiger charge is 2.26. The molecule has 242 valence electrons. The number of hydrogen-bond acceptors (Lipinski definition) is 4. The summed E-state index contributed by atoms with van der Waals surface area (Å²) in [6.45, 7) is 5.70. The molecule has 3 aromatic heterocycles. The molecule has 0 amide bonds. The van der Waals surface area contributed by atoms with Crippen LogP contribution in [0.5, 0.6) is 11.6 Å². The van der Waals surface area contributed by atoms with Crippen LogP contribution in [-0.2, 0) is 5.41 Å². The summed E-state index contributed by atoms with van der Waals surface area (Å²) in [5.74, 6) is 1.85. The Morgan fingerprint density at radius 1 is 0.640 bits per heavy atom.